The van der Waals surface area contributed by atoms with Gasteiger partial charge in [0.15, 0.2) is 0 Å². The number of benzene rings is 1. The predicted molar refractivity (Wildman–Crippen MR) is 90.4 cm³/mol. The van der Waals surface area contributed by atoms with Gasteiger partial charge >= 0.3 is 5.97 Å². The minimum absolute atomic E-state index is 0.0929. The van der Waals surface area contributed by atoms with Crippen molar-refractivity contribution in [1.82, 2.24) is 4.90 Å². The lowest BCUT2D eigenvalue weighted by Crippen LogP contribution is -2.47. The Hall–Kier alpha value is -2.44. The molecular weight excluding hydrogens is 327 g/mol. The quantitative estimate of drug-likeness (QED) is 0.791. The number of aliphatic carboxylic acids is 1. The number of nitrogens with one attached hydrogen (secondary N) is 1. The van der Waals surface area contributed by atoms with Crippen molar-refractivity contribution in [2.75, 3.05) is 11.9 Å². The molecule has 0 aromatic heterocycles. The molecule has 2 N–H and O–H groups in total. The highest BCUT2D eigenvalue weighted by molar-refractivity contribution is 5.95. The fourth-order valence-electron chi connectivity index (χ4n) is 2.91. The van der Waals surface area contributed by atoms with E-state index in [4.69, 9.17) is 0 Å². The minimum atomic E-state index is -0.988. The standard InChI is InChI=1S/C18H23FN2O4/c1-12(2)21(16(23)10-18(17(24)25)8-3-9-18)11-15(22)20-14-6-4-13(19)5-7-14/h4-7,12H,3,8-11H2,1-2H3,(H,20,22)(H,24,25). The molecule has 1 saturated carbocycles. The van der Waals surface area contributed by atoms with Crippen LogP contribution < -0.4 is 5.32 Å². The number of carbonyl (C=O) groups excluding carboxylic acids is 2. The van der Waals surface area contributed by atoms with Crippen LogP contribution in [0.3, 0.4) is 0 Å². The van der Waals surface area contributed by atoms with Gasteiger partial charge < -0.3 is 15.3 Å². The third kappa shape index (κ3) is 4.55. The first-order valence-electron chi connectivity index (χ1n) is 8.32. The van der Waals surface area contributed by atoms with Crippen molar-refractivity contribution in [2.45, 2.75) is 45.6 Å². The molecule has 1 fully saturated rings. The lowest BCUT2D eigenvalue weighted by Gasteiger charge is -2.39. The van der Waals surface area contributed by atoms with Gasteiger partial charge in [-0.3, -0.25) is 14.4 Å². The Kier molecular flexibility index (Phi) is 5.77. The van der Waals surface area contributed by atoms with Gasteiger partial charge in [-0.15, -0.1) is 0 Å². The molecule has 1 aromatic rings. The van der Waals surface area contributed by atoms with Crippen LogP contribution in [-0.4, -0.2) is 40.4 Å². The van der Waals surface area contributed by atoms with Crippen molar-refractivity contribution in [3.8, 4) is 0 Å². The molecule has 0 unspecified atom stereocenters. The molecule has 1 aliphatic carbocycles. The van der Waals surface area contributed by atoms with Crippen molar-refractivity contribution >= 4 is 23.5 Å². The Bertz CT molecular complexity index is 654. The number of nitrogens with zero attached hydrogens (tertiary/aromatic N) is 1. The molecule has 1 aromatic carbocycles. The first-order valence-corrected chi connectivity index (χ1v) is 8.32. The van der Waals surface area contributed by atoms with E-state index >= 15 is 0 Å². The van der Waals surface area contributed by atoms with Crippen LogP contribution in [0.4, 0.5) is 10.1 Å². The lowest BCUT2D eigenvalue weighted by atomic mass is 9.66. The first-order chi connectivity index (χ1) is 11.7. The van der Waals surface area contributed by atoms with Gasteiger partial charge in [0.25, 0.3) is 0 Å². The van der Waals surface area contributed by atoms with Crippen LogP contribution in [0, 0.1) is 11.2 Å². The maximum atomic E-state index is 12.9. The number of carboxylic acids is 1. The number of anilines is 1. The zero-order valence-electron chi connectivity index (χ0n) is 14.4. The molecule has 0 atom stereocenters. The second-order valence-corrected chi connectivity index (χ2v) is 6.79. The topological polar surface area (TPSA) is 86.7 Å². The van der Waals surface area contributed by atoms with E-state index in [0.717, 1.165) is 6.42 Å². The Morgan fingerprint density at radius 3 is 2.28 bits per heavy atom. The number of carboxylic acid groups (broad SMARTS) is 1. The molecule has 2 rings (SSSR count). The predicted octanol–water partition coefficient (Wildman–Crippen LogP) is 2.65. The van der Waals surface area contributed by atoms with E-state index in [0.29, 0.717) is 18.5 Å². The number of rotatable bonds is 7. The molecule has 136 valence electrons. The summed E-state index contributed by atoms with van der Waals surface area (Å²) in [5.41, 5.74) is -0.555. The van der Waals surface area contributed by atoms with Crippen molar-refractivity contribution in [1.29, 1.82) is 0 Å². The van der Waals surface area contributed by atoms with E-state index in [-0.39, 0.29) is 24.9 Å². The van der Waals surface area contributed by atoms with Crippen molar-refractivity contribution < 1.29 is 23.9 Å². The second-order valence-electron chi connectivity index (χ2n) is 6.79. The maximum absolute atomic E-state index is 12.9. The molecule has 0 spiro atoms. The zero-order chi connectivity index (χ0) is 18.6. The molecule has 2 amide bonds. The van der Waals surface area contributed by atoms with E-state index in [2.05, 4.69) is 5.32 Å². The summed E-state index contributed by atoms with van der Waals surface area (Å²) in [6, 6.07) is 5.09. The molecule has 0 saturated heterocycles. The van der Waals surface area contributed by atoms with E-state index in [1.807, 2.05) is 0 Å². The largest absolute Gasteiger partial charge is 0.481 e. The summed E-state index contributed by atoms with van der Waals surface area (Å²) in [4.78, 5) is 37.6. The van der Waals surface area contributed by atoms with Crippen LogP contribution in [0.15, 0.2) is 24.3 Å². The fourth-order valence-corrected chi connectivity index (χ4v) is 2.91. The minimum Gasteiger partial charge on any atom is -0.481 e. The summed E-state index contributed by atoms with van der Waals surface area (Å²) < 4.78 is 12.9. The molecule has 0 aliphatic heterocycles. The summed E-state index contributed by atoms with van der Waals surface area (Å²) in [7, 11) is 0. The number of amides is 2. The fraction of sp³-hybridized carbons (Fsp3) is 0.500. The summed E-state index contributed by atoms with van der Waals surface area (Å²) in [6.45, 7) is 3.37. The highest BCUT2D eigenvalue weighted by Crippen LogP contribution is 2.44. The molecule has 25 heavy (non-hydrogen) atoms. The average molecular weight is 350 g/mol. The molecule has 0 radical (unpaired) electrons. The van der Waals surface area contributed by atoms with Gasteiger partial charge in [-0.2, -0.15) is 0 Å². The van der Waals surface area contributed by atoms with Crippen molar-refractivity contribution in [3.63, 3.8) is 0 Å². The molecule has 0 bridgehead atoms. The molecule has 0 heterocycles. The van der Waals surface area contributed by atoms with E-state index in [1.165, 1.54) is 29.2 Å². The molecule has 6 nitrogen and oxygen atoms in total. The van der Waals surface area contributed by atoms with Crippen LogP contribution in [0.2, 0.25) is 0 Å². The lowest BCUT2D eigenvalue weighted by molar-refractivity contribution is -0.160. The van der Waals surface area contributed by atoms with Gasteiger partial charge in [0.2, 0.25) is 11.8 Å². The molecular formula is C18H23FN2O4. The van der Waals surface area contributed by atoms with Gasteiger partial charge in [-0.05, 0) is 51.0 Å². The number of carbonyl (C=O) groups is 3. The van der Waals surface area contributed by atoms with Crippen LogP contribution in [0.1, 0.15) is 39.5 Å². The Morgan fingerprint density at radius 2 is 1.84 bits per heavy atom. The highest BCUT2D eigenvalue weighted by Gasteiger charge is 2.46. The average Bonchev–Trinajstić information content (AvgIpc) is 2.50. The summed E-state index contributed by atoms with van der Waals surface area (Å²) in [6.07, 6.45) is 1.68. The maximum Gasteiger partial charge on any atom is 0.310 e. The highest BCUT2D eigenvalue weighted by atomic mass is 19.1. The SMILES string of the molecule is CC(C)N(CC(=O)Nc1ccc(F)cc1)C(=O)CC1(C(=O)O)CCC1. The van der Waals surface area contributed by atoms with E-state index < -0.39 is 23.1 Å². The second kappa shape index (κ2) is 7.63. The number of hydrogen-bond acceptors (Lipinski definition) is 3. The zero-order valence-corrected chi connectivity index (χ0v) is 14.4. The monoisotopic (exact) mass is 350 g/mol. The first kappa shape index (κ1) is 18.9. The van der Waals surface area contributed by atoms with Crippen LogP contribution in [0.5, 0.6) is 0 Å². The van der Waals surface area contributed by atoms with Gasteiger partial charge in [0.05, 0.1) is 5.41 Å². The van der Waals surface area contributed by atoms with Crippen molar-refractivity contribution in [3.05, 3.63) is 30.1 Å². The number of halogens is 1. The van der Waals surface area contributed by atoms with Gasteiger partial charge in [0, 0.05) is 18.2 Å². The number of hydrogen-bond donors (Lipinski definition) is 2. The third-order valence-corrected chi connectivity index (χ3v) is 4.64. The van der Waals surface area contributed by atoms with Gasteiger partial charge in [0.1, 0.15) is 12.4 Å². The molecule has 7 heteroatoms. The Balaban J connectivity index is 1.99. The van der Waals surface area contributed by atoms with E-state index in [1.54, 1.807) is 13.8 Å². The Morgan fingerprint density at radius 1 is 1.24 bits per heavy atom. The third-order valence-electron chi connectivity index (χ3n) is 4.64. The van der Waals surface area contributed by atoms with Crippen LogP contribution in [0.25, 0.3) is 0 Å². The van der Waals surface area contributed by atoms with Gasteiger partial charge in [-0.1, -0.05) is 6.42 Å². The Labute approximate surface area is 146 Å². The van der Waals surface area contributed by atoms with Crippen molar-refractivity contribution in [2.24, 2.45) is 5.41 Å². The molecule has 1 aliphatic rings. The summed E-state index contributed by atoms with van der Waals surface area (Å²) in [5.74, 6) is -2.11. The van der Waals surface area contributed by atoms with E-state index in [9.17, 15) is 23.9 Å². The normalized spacial score (nSPS) is 15.4. The van der Waals surface area contributed by atoms with Crippen LogP contribution >= 0.6 is 0 Å². The summed E-state index contributed by atoms with van der Waals surface area (Å²) in [5, 5.41) is 12.0. The summed E-state index contributed by atoms with van der Waals surface area (Å²) >= 11 is 0. The smallest absolute Gasteiger partial charge is 0.310 e. The van der Waals surface area contributed by atoms with Crippen LogP contribution in [-0.2, 0) is 14.4 Å². The van der Waals surface area contributed by atoms with Gasteiger partial charge in [-0.25, -0.2) is 4.39 Å².